The van der Waals surface area contributed by atoms with E-state index in [1.165, 1.54) is 6.42 Å². The van der Waals surface area contributed by atoms with Gasteiger partial charge in [-0.25, -0.2) is 4.98 Å². The first-order chi connectivity index (χ1) is 8.61. The Morgan fingerprint density at radius 2 is 2.22 bits per heavy atom. The third kappa shape index (κ3) is 3.42. The predicted molar refractivity (Wildman–Crippen MR) is 74.6 cm³/mol. The molecule has 1 aliphatic rings. The third-order valence-electron chi connectivity index (χ3n) is 3.41. The van der Waals surface area contributed by atoms with E-state index in [1.807, 2.05) is 12.4 Å². The minimum atomic E-state index is 0.401. The van der Waals surface area contributed by atoms with Crippen LogP contribution in [0.4, 0.5) is 5.82 Å². The minimum Gasteiger partial charge on any atom is -0.355 e. The van der Waals surface area contributed by atoms with E-state index in [4.69, 9.17) is 4.98 Å². The van der Waals surface area contributed by atoms with Crippen molar-refractivity contribution in [2.24, 2.45) is 5.41 Å². The highest BCUT2D eigenvalue weighted by molar-refractivity contribution is 5.38. The Morgan fingerprint density at radius 3 is 2.89 bits per heavy atom. The quantitative estimate of drug-likeness (QED) is 0.811. The second-order valence-corrected chi connectivity index (χ2v) is 5.88. The van der Waals surface area contributed by atoms with Gasteiger partial charge in [-0.1, -0.05) is 20.8 Å². The summed E-state index contributed by atoms with van der Waals surface area (Å²) in [5.41, 5.74) is 1.43. The lowest BCUT2D eigenvalue weighted by atomic mass is 9.93. The van der Waals surface area contributed by atoms with Crippen LogP contribution < -0.4 is 10.2 Å². The Labute approximate surface area is 110 Å². The Kier molecular flexibility index (Phi) is 4.17. The molecule has 4 nitrogen and oxygen atoms in total. The topological polar surface area (TPSA) is 41.1 Å². The molecule has 1 fully saturated rings. The highest BCUT2D eigenvalue weighted by Crippen LogP contribution is 2.31. The summed E-state index contributed by atoms with van der Waals surface area (Å²) in [6.07, 6.45) is 6.11. The molecule has 100 valence electrons. The number of aromatic nitrogens is 2. The van der Waals surface area contributed by atoms with E-state index < -0.39 is 0 Å². The van der Waals surface area contributed by atoms with Crippen molar-refractivity contribution in [3.8, 4) is 0 Å². The fourth-order valence-corrected chi connectivity index (χ4v) is 2.33. The first-order valence-corrected chi connectivity index (χ1v) is 6.87. The minimum absolute atomic E-state index is 0.401. The second-order valence-electron chi connectivity index (χ2n) is 5.88. The lowest BCUT2D eigenvalue weighted by Crippen LogP contribution is -2.24. The van der Waals surface area contributed by atoms with Gasteiger partial charge in [0.25, 0.3) is 0 Å². The van der Waals surface area contributed by atoms with Crippen LogP contribution in [-0.2, 0) is 6.54 Å². The molecule has 0 bridgehead atoms. The Balaban J connectivity index is 1.99. The van der Waals surface area contributed by atoms with Gasteiger partial charge in [-0.2, -0.15) is 0 Å². The van der Waals surface area contributed by atoms with Crippen LogP contribution >= 0.6 is 0 Å². The van der Waals surface area contributed by atoms with Gasteiger partial charge in [0.05, 0.1) is 11.9 Å². The van der Waals surface area contributed by atoms with Crippen molar-refractivity contribution in [3.05, 3.63) is 18.1 Å². The third-order valence-corrected chi connectivity index (χ3v) is 3.41. The van der Waals surface area contributed by atoms with E-state index in [0.29, 0.717) is 5.41 Å². The highest BCUT2D eigenvalue weighted by Gasteiger charge is 2.29. The maximum atomic E-state index is 4.69. The predicted octanol–water partition coefficient (Wildman–Crippen LogP) is 2.21. The summed E-state index contributed by atoms with van der Waals surface area (Å²) in [6, 6.07) is 0. The Bertz CT molecular complexity index is 389. The summed E-state index contributed by atoms with van der Waals surface area (Å²) >= 11 is 0. The molecule has 18 heavy (non-hydrogen) atoms. The summed E-state index contributed by atoms with van der Waals surface area (Å²) in [5.74, 6) is 1.02. The van der Waals surface area contributed by atoms with Gasteiger partial charge in [-0.3, -0.25) is 4.98 Å². The van der Waals surface area contributed by atoms with Gasteiger partial charge in [-0.05, 0) is 24.8 Å². The Morgan fingerprint density at radius 1 is 1.39 bits per heavy atom. The number of nitrogens with zero attached hydrogens (tertiary/aromatic N) is 3. The lowest BCUT2D eigenvalue weighted by molar-refractivity contribution is 0.418. The van der Waals surface area contributed by atoms with Crippen LogP contribution in [0.1, 0.15) is 39.3 Å². The van der Waals surface area contributed by atoms with Crippen molar-refractivity contribution in [1.82, 2.24) is 15.3 Å². The van der Waals surface area contributed by atoms with Gasteiger partial charge < -0.3 is 10.2 Å². The van der Waals surface area contributed by atoms with Crippen LogP contribution in [0.3, 0.4) is 0 Å². The molecule has 0 saturated carbocycles. The monoisotopic (exact) mass is 248 g/mol. The number of hydrogen-bond acceptors (Lipinski definition) is 4. The molecular weight excluding hydrogens is 224 g/mol. The maximum Gasteiger partial charge on any atom is 0.147 e. The SMILES string of the molecule is CCCNCc1cncc(N2CCC(C)(C)C2)n1. The molecule has 1 N–H and O–H groups in total. The Hall–Kier alpha value is -1.16. The normalized spacial score (nSPS) is 18.3. The summed E-state index contributed by atoms with van der Waals surface area (Å²) in [6.45, 7) is 10.8. The van der Waals surface area contributed by atoms with E-state index in [9.17, 15) is 0 Å². The number of nitrogens with one attached hydrogen (secondary N) is 1. The molecule has 4 heteroatoms. The molecule has 1 aromatic heterocycles. The summed E-state index contributed by atoms with van der Waals surface area (Å²) in [4.78, 5) is 11.3. The average molecular weight is 248 g/mol. The van der Waals surface area contributed by atoms with Gasteiger partial charge in [0.2, 0.25) is 0 Å². The summed E-state index contributed by atoms with van der Waals surface area (Å²) in [5, 5.41) is 3.36. The summed E-state index contributed by atoms with van der Waals surface area (Å²) < 4.78 is 0. The van der Waals surface area contributed by atoms with E-state index in [-0.39, 0.29) is 0 Å². The van der Waals surface area contributed by atoms with Crippen molar-refractivity contribution in [2.45, 2.75) is 40.2 Å². The zero-order valence-corrected chi connectivity index (χ0v) is 11.7. The molecule has 0 atom stereocenters. The van der Waals surface area contributed by atoms with Crippen LogP contribution in [0.2, 0.25) is 0 Å². The van der Waals surface area contributed by atoms with Crippen molar-refractivity contribution < 1.29 is 0 Å². The van der Waals surface area contributed by atoms with Crippen molar-refractivity contribution in [3.63, 3.8) is 0 Å². The molecular formula is C14H24N4. The van der Waals surface area contributed by atoms with E-state index in [1.54, 1.807) is 0 Å². The molecule has 0 spiro atoms. The van der Waals surface area contributed by atoms with Crippen molar-refractivity contribution >= 4 is 5.82 Å². The second kappa shape index (κ2) is 5.65. The van der Waals surface area contributed by atoms with Gasteiger partial charge in [0.15, 0.2) is 0 Å². The summed E-state index contributed by atoms with van der Waals surface area (Å²) in [7, 11) is 0. The molecule has 0 unspecified atom stereocenters. The standard InChI is InChI=1S/C14H24N4/c1-4-6-15-8-12-9-16-10-13(17-12)18-7-5-14(2,3)11-18/h9-10,15H,4-8,11H2,1-3H3. The molecule has 1 aromatic rings. The van der Waals surface area contributed by atoms with Gasteiger partial charge in [0, 0.05) is 25.8 Å². The first-order valence-electron chi connectivity index (χ1n) is 6.87. The van der Waals surface area contributed by atoms with Crippen molar-refractivity contribution in [2.75, 3.05) is 24.5 Å². The van der Waals surface area contributed by atoms with Crippen LogP contribution in [-0.4, -0.2) is 29.6 Å². The van der Waals surface area contributed by atoms with Crippen LogP contribution in [0.5, 0.6) is 0 Å². The van der Waals surface area contributed by atoms with Crippen LogP contribution in [0, 0.1) is 5.41 Å². The van der Waals surface area contributed by atoms with Crippen LogP contribution in [0.25, 0.3) is 0 Å². The largest absolute Gasteiger partial charge is 0.355 e. The molecule has 0 radical (unpaired) electrons. The molecule has 0 amide bonds. The average Bonchev–Trinajstić information content (AvgIpc) is 2.71. The number of anilines is 1. The number of rotatable bonds is 5. The zero-order chi connectivity index (χ0) is 13.0. The molecule has 1 aliphatic heterocycles. The molecule has 2 rings (SSSR count). The molecule has 2 heterocycles. The molecule has 1 saturated heterocycles. The fourth-order valence-electron chi connectivity index (χ4n) is 2.33. The van der Waals surface area contributed by atoms with Gasteiger partial charge in [0.1, 0.15) is 5.82 Å². The van der Waals surface area contributed by atoms with Gasteiger partial charge >= 0.3 is 0 Å². The van der Waals surface area contributed by atoms with Crippen LogP contribution in [0.15, 0.2) is 12.4 Å². The van der Waals surface area contributed by atoms with Gasteiger partial charge in [-0.15, -0.1) is 0 Å². The molecule has 0 aromatic carbocycles. The van der Waals surface area contributed by atoms with E-state index in [2.05, 4.69) is 36.0 Å². The lowest BCUT2D eigenvalue weighted by Gasteiger charge is -2.20. The maximum absolute atomic E-state index is 4.69. The van der Waals surface area contributed by atoms with E-state index >= 15 is 0 Å². The van der Waals surface area contributed by atoms with E-state index in [0.717, 1.165) is 44.1 Å². The van der Waals surface area contributed by atoms with Crippen molar-refractivity contribution in [1.29, 1.82) is 0 Å². The fraction of sp³-hybridized carbons (Fsp3) is 0.714. The highest BCUT2D eigenvalue weighted by atomic mass is 15.2. The smallest absolute Gasteiger partial charge is 0.147 e. The first kappa shape index (κ1) is 13.3. The number of hydrogen-bond donors (Lipinski definition) is 1. The zero-order valence-electron chi connectivity index (χ0n) is 11.7. The molecule has 0 aliphatic carbocycles.